The van der Waals surface area contributed by atoms with Crippen molar-refractivity contribution in [1.82, 2.24) is 0 Å². The summed E-state index contributed by atoms with van der Waals surface area (Å²) in [6, 6.07) is 9.29. The van der Waals surface area contributed by atoms with Crippen molar-refractivity contribution in [2.75, 3.05) is 5.73 Å². The van der Waals surface area contributed by atoms with Gasteiger partial charge in [0.05, 0.1) is 0 Å². The van der Waals surface area contributed by atoms with Gasteiger partial charge in [0.15, 0.2) is 0 Å². The fraction of sp³-hybridized carbons (Fsp3) is 0.143. The van der Waals surface area contributed by atoms with E-state index in [1.165, 1.54) is 23.9 Å². The van der Waals surface area contributed by atoms with Crippen molar-refractivity contribution in [3.8, 4) is 0 Å². The van der Waals surface area contributed by atoms with Gasteiger partial charge in [-0.3, -0.25) is 0 Å². The molecule has 0 saturated heterocycles. The van der Waals surface area contributed by atoms with E-state index in [1.807, 2.05) is 25.1 Å². The number of nitrogen functional groups attached to an aromatic ring is 1. The molecule has 2 rings (SSSR count). The lowest BCUT2D eigenvalue weighted by Crippen LogP contribution is -1.92. The third kappa shape index (κ3) is 2.82. The zero-order chi connectivity index (χ0) is 13.1. The molecule has 0 bridgehead atoms. The number of halogens is 2. The minimum absolute atomic E-state index is 0.455. The van der Waals surface area contributed by atoms with E-state index in [-0.39, 0.29) is 0 Å². The standard InChI is InChI=1S/C14H13F2NS/c1-9-13(17)3-2-4-14(9)18-8-10-5-6-11(15)7-12(10)16/h2-7H,8,17H2,1H3. The second kappa shape index (κ2) is 5.40. The van der Waals surface area contributed by atoms with Crippen molar-refractivity contribution in [1.29, 1.82) is 0 Å². The van der Waals surface area contributed by atoms with Crippen LogP contribution in [0.25, 0.3) is 0 Å². The van der Waals surface area contributed by atoms with Crippen LogP contribution in [0.5, 0.6) is 0 Å². The maximum absolute atomic E-state index is 13.5. The number of rotatable bonds is 3. The van der Waals surface area contributed by atoms with Crippen LogP contribution >= 0.6 is 11.8 Å². The summed E-state index contributed by atoms with van der Waals surface area (Å²) < 4.78 is 26.2. The van der Waals surface area contributed by atoms with E-state index in [4.69, 9.17) is 5.73 Å². The van der Waals surface area contributed by atoms with E-state index in [9.17, 15) is 8.78 Å². The van der Waals surface area contributed by atoms with Crippen LogP contribution in [-0.2, 0) is 5.75 Å². The zero-order valence-corrected chi connectivity index (χ0v) is 10.7. The number of anilines is 1. The molecule has 94 valence electrons. The van der Waals surface area contributed by atoms with Crippen LogP contribution in [0.2, 0.25) is 0 Å². The monoisotopic (exact) mass is 265 g/mol. The first kappa shape index (κ1) is 12.9. The van der Waals surface area contributed by atoms with Crippen molar-refractivity contribution in [2.45, 2.75) is 17.6 Å². The Morgan fingerprint density at radius 2 is 1.94 bits per heavy atom. The van der Waals surface area contributed by atoms with Gasteiger partial charge in [0.2, 0.25) is 0 Å². The van der Waals surface area contributed by atoms with E-state index in [1.54, 1.807) is 0 Å². The molecule has 0 unspecified atom stereocenters. The maximum atomic E-state index is 13.5. The highest BCUT2D eigenvalue weighted by Gasteiger charge is 2.06. The molecule has 0 aliphatic rings. The first-order valence-corrected chi connectivity index (χ1v) is 6.48. The molecule has 1 nitrogen and oxygen atoms in total. The van der Waals surface area contributed by atoms with Gasteiger partial charge in [0, 0.05) is 22.4 Å². The summed E-state index contributed by atoms with van der Waals surface area (Å²) in [5, 5.41) is 0. The Kier molecular flexibility index (Phi) is 3.87. The van der Waals surface area contributed by atoms with Gasteiger partial charge >= 0.3 is 0 Å². The Labute approximate surface area is 109 Å². The lowest BCUT2D eigenvalue weighted by Gasteiger charge is -2.08. The van der Waals surface area contributed by atoms with Gasteiger partial charge in [0.1, 0.15) is 11.6 Å². The van der Waals surface area contributed by atoms with Crippen molar-refractivity contribution < 1.29 is 8.78 Å². The molecular formula is C14H13F2NS. The highest BCUT2D eigenvalue weighted by Crippen LogP contribution is 2.29. The molecule has 0 aliphatic heterocycles. The predicted octanol–water partition coefficient (Wildman–Crippen LogP) is 4.15. The van der Waals surface area contributed by atoms with Gasteiger partial charge in [-0.25, -0.2) is 8.78 Å². The molecule has 0 fully saturated rings. The van der Waals surface area contributed by atoms with Crippen LogP contribution in [0, 0.1) is 18.6 Å². The van der Waals surface area contributed by atoms with Crippen molar-refractivity contribution >= 4 is 17.4 Å². The lowest BCUT2D eigenvalue weighted by atomic mass is 10.2. The van der Waals surface area contributed by atoms with Gasteiger partial charge in [0.25, 0.3) is 0 Å². The van der Waals surface area contributed by atoms with Gasteiger partial charge in [-0.1, -0.05) is 12.1 Å². The van der Waals surface area contributed by atoms with Crippen LogP contribution in [0.3, 0.4) is 0 Å². The van der Waals surface area contributed by atoms with E-state index < -0.39 is 11.6 Å². The van der Waals surface area contributed by atoms with E-state index in [2.05, 4.69) is 0 Å². The lowest BCUT2D eigenvalue weighted by molar-refractivity contribution is 0.576. The summed E-state index contributed by atoms with van der Waals surface area (Å²) >= 11 is 1.49. The molecule has 0 aromatic heterocycles. The maximum Gasteiger partial charge on any atom is 0.130 e. The Morgan fingerprint density at radius 1 is 1.17 bits per heavy atom. The summed E-state index contributed by atoms with van der Waals surface area (Å²) in [6.07, 6.45) is 0. The average Bonchev–Trinajstić information content (AvgIpc) is 2.33. The second-order valence-electron chi connectivity index (χ2n) is 3.99. The fourth-order valence-corrected chi connectivity index (χ4v) is 2.64. The number of hydrogen-bond donors (Lipinski definition) is 1. The van der Waals surface area contributed by atoms with E-state index >= 15 is 0 Å². The molecule has 0 spiro atoms. The molecule has 0 radical (unpaired) electrons. The van der Waals surface area contributed by atoms with Crippen LogP contribution < -0.4 is 5.73 Å². The molecule has 0 atom stereocenters. The zero-order valence-electron chi connectivity index (χ0n) is 9.91. The van der Waals surface area contributed by atoms with Gasteiger partial charge in [-0.15, -0.1) is 11.8 Å². The number of benzene rings is 2. The molecule has 0 amide bonds. The molecule has 2 aromatic carbocycles. The average molecular weight is 265 g/mol. The molecule has 0 heterocycles. The Bertz CT molecular complexity index is 570. The first-order chi connectivity index (χ1) is 8.58. The smallest absolute Gasteiger partial charge is 0.130 e. The van der Waals surface area contributed by atoms with E-state index in [0.29, 0.717) is 11.3 Å². The van der Waals surface area contributed by atoms with Crippen LogP contribution in [-0.4, -0.2) is 0 Å². The van der Waals surface area contributed by atoms with E-state index in [0.717, 1.165) is 22.2 Å². The molecule has 18 heavy (non-hydrogen) atoms. The number of hydrogen-bond acceptors (Lipinski definition) is 2. The van der Waals surface area contributed by atoms with Crippen LogP contribution in [0.1, 0.15) is 11.1 Å². The summed E-state index contributed by atoms with van der Waals surface area (Å²) in [4.78, 5) is 1.01. The third-order valence-electron chi connectivity index (χ3n) is 2.72. The van der Waals surface area contributed by atoms with Crippen LogP contribution in [0.15, 0.2) is 41.3 Å². The van der Waals surface area contributed by atoms with Crippen molar-refractivity contribution in [2.24, 2.45) is 0 Å². The fourth-order valence-electron chi connectivity index (χ4n) is 1.58. The molecule has 0 aliphatic carbocycles. The minimum Gasteiger partial charge on any atom is -0.398 e. The minimum atomic E-state index is -0.554. The normalized spacial score (nSPS) is 10.6. The van der Waals surface area contributed by atoms with Crippen LogP contribution in [0.4, 0.5) is 14.5 Å². The summed E-state index contributed by atoms with van der Waals surface area (Å²) in [5.74, 6) is -0.610. The van der Waals surface area contributed by atoms with Gasteiger partial charge in [-0.05, 0) is 36.2 Å². The Balaban J connectivity index is 2.14. The van der Waals surface area contributed by atoms with Crippen molar-refractivity contribution in [3.05, 3.63) is 59.2 Å². The summed E-state index contributed by atoms with van der Waals surface area (Å²) in [5.41, 5.74) is 8.00. The summed E-state index contributed by atoms with van der Waals surface area (Å²) in [6.45, 7) is 1.93. The SMILES string of the molecule is Cc1c(N)cccc1SCc1ccc(F)cc1F. The van der Waals surface area contributed by atoms with Gasteiger partial charge in [-0.2, -0.15) is 0 Å². The summed E-state index contributed by atoms with van der Waals surface area (Å²) in [7, 11) is 0. The topological polar surface area (TPSA) is 26.0 Å². The Hall–Kier alpha value is -1.55. The molecule has 2 aromatic rings. The molecule has 2 N–H and O–H groups in total. The first-order valence-electron chi connectivity index (χ1n) is 5.50. The molecular weight excluding hydrogens is 252 g/mol. The quantitative estimate of drug-likeness (QED) is 0.666. The largest absolute Gasteiger partial charge is 0.398 e. The highest BCUT2D eigenvalue weighted by atomic mass is 32.2. The third-order valence-corrected chi connectivity index (χ3v) is 3.93. The number of thioether (sulfide) groups is 1. The number of nitrogens with two attached hydrogens (primary N) is 1. The predicted molar refractivity (Wildman–Crippen MR) is 71.5 cm³/mol. The Morgan fingerprint density at radius 3 is 2.67 bits per heavy atom. The highest BCUT2D eigenvalue weighted by molar-refractivity contribution is 7.98. The molecule has 0 saturated carbocycles. The van der Waals surface area contributed by atoms with Gasteiger partial charge < -0.3 is 5.73 Å². The molecule has 4 heteroatoms. The van der Waals surface area contributed by atoms with Crippen molar-refractivity contribution in [3.63, 3.8) is 0 Å². The second-order valence-corrected chi connectivity index (χ2v) is 5.01.